The maximum atomic E-state index is 13.8. The van der Waals surface area contributed by atoms with Crippen molar-refractivity contribution in [2.75, 3.05) is 0 Å². The molecule has 4 aromatic rings. The maximum Gasteiger partial charge on any atom is 0.168 e. The quantitative estimate of drug-likeness (QED) is 0.515. The highest BCUT2D eigenvalue weighted by atomic mass is 19.1. The molecule has 0 amide bonds. The van der Waals surface area contributed by atoms with Gasteiger partial charge in [-0.05, 0) is 49.3 Å². The molecule has 0 spiro atoms. The molecular formula is C21H17FN4O. The minimum Gasteiger partial charge on any atom is -0.330 e. The fraction of sp³-hybridized carbons (Fsp3) is 0.143. The molecule has 0 N–H and O–H groups in total. The lowest BCUT2D eigenvalue weighted by molar-refractivity contribution is 0.0992. The first-order valence-electron chi connectivity index (χ1n) is 10.2. The Hall–Kier alpha value is -3.41. The first-order chi connectivity index (χ1) is 14.7. The van der Waals surface area contributed by atoms with Crippen molar-refractivity contribution >= 4 is 16.7 Å². The van der Waals surface area contributed by atoms with E-state index in [9.17, 15) is 9.18 Å². The molecule has 0 saturated heterocycles. The van der Waals surface area contributed by atoms with Gasteiger partial charge >= 0.3 is 0 Å². The van der Waals surface area contributed by atoms with Gasteiger partial charge in [-0.2, -0.15) is 0 Å². The van der Waals surface area contributed by atoms with Gasteiger partial charge in [0.15, 0.2) is 5.78 Å². The average Bonchev–Trinajstić information content (AvgIpc) is 3.09. The Labute approximate surface area is 161 Å². The number of carbonyl (C=O) groups excluding carboxylic acids is 1. The molecule has 0 aliphatic carbocycles. The molecule has 0 saturated carbocycles. The molecule has 134 valence electrons. The number of benzene rings is 1. The number of rotatable bonds is 4. The van der Waals surface area contributed by atoms with E-state index in [-0.39, 0.29) is 6.42 Å². The highest BCUT2D eigenvalue weighted by Crippen LogP contribution is 2.22. The zero-order valence-electron chi connectivity index (χ0n) is 18.7. The summed E-state index contributed by atoms with van der Waals surface area (Å²) in [6, 6.07) is 2.23. The van der Waals surface area contributed by atoms with Crippen molar-refractivity contribution in [1.29, 1.82) is 0 Å². The largest absolute Gasteiger partial charge is 0.330 e. The van der Waals surface area contributed by atoms with E-state index < -0.39 is 41.3 Å². The molecule has 0 radical (unpaired) electrons. The topological polar surface area (TPSA) is 60.7 Å². The SMILES string of the molecule is [2H]c1c([2H])c(C(=O)Cc2cc3nc(-c4cnc(C)n4C)ccc3cn2)c([2H])c([2H])c1F. The third-order valence-corrected chi connectivity index (χ3v) is 4.33. The Morgan fingerprint density at radius 2 is 1.96 bits per heavy atom. The summed E-state index contributed by atoms with van der Waals surface area (Å²) >= 11 is 0. The number of imidazole rings is 1. The summed E-state index contributed by atoms with van der Waals surface area (Å²) in [6.07, 6.45) is 3.03. The summed E-state index contributed by atoms with van der Waals surface area (Å²) in [6.45, 7) is 1.89. The summed E-state index contributed by atoms with van der Waals surface area (Å²) in [7, 11) is 1.89. The van der Waals surface area contributed by atoms with Crippen LogP contribution < -0.4 is 0 Å². The third kappa shape index (κ3) is 3.33. The fourth-order valence-corrected chi connectivity index (χ4v) is 2.73. The van der Waals surface area contributed by atoms with Crippen LogP contribution in [0.5, 0.6) is 0 Å². The average molecular weight is 364 g/mol. The first-order valence-corrected chi connectivity index (χ1v) is 8.22. The molecule has 3 aromatic heterocycles. The van der Waals surface area contributed by atoms with Gasteiger partial charge in [-0.3, -0.25) is 9.78 Å². The van der Waals surface area contributed by atoms with Gasteiger partial charge in [0.1, 0.15) is 11.6 Å². The normalized spacial score (nSPS) is 13.1. The van der Waals surface area contributed by atoms with E-state index in [0.717, 1.165) is 16.9 Å². The maximum absolute atomic E-state index is 13.8. The van der Waals surface area contributed by atoms with Crippen LogP contribution in [0.3, 0.4) is 0 Å². The first kappa shape index (κ1) is 12.9. The zero-order valence-corrected chi connectivity index (χ0v) is 14.7. The van der Waals surface area contributed by atoms with Crippen molar-refractivity contribution in [3.8, 4) is 11.4 Å². The molecule has 0 aliphatic heterocycles. The van der Waals surface area contributed by atoms with Crippen molar-refractivity contribution in [1.82, 2.24) is 19.5 Å². The Morgan fingerprint density at radius 3 is 2.67 bits per heavy atom. The van der Waals surface area contributed by atoms with E-state index in [1.807, 2.05) is 30.7 Å². The predicted octanol–water partition coefficient (Wildman–Crippen LogP) is 3.90. The van der Waals surface area contributed by atoms with Crippen LogP contribution in [0.2, 0.25) is 0 Å². The number of hydrogen-bond acceptors (Lipinski definition) is 4. The fourth-order valence-electron chi connectivity index (χ4n) is 2.73. The number of aryl methyl sites for hydroxylation is 1. The van der Waals surface area contributed by atoms with E-state index in [0.29, 0.717) is 16.9 Å². The van der Waals surface area contributed by atoms with Gasteiger partial charge in [0, 0.05) is 24.2 Å². The summed E-state index contributed by atoms with van der Waals surface area (Å²) in [5, 5.41) is 0.768. The molecular weight excluding hydrogens is 343 g/mol. The number of pyridine rings is 2. The van der Waals surface area contributed by atoms with E-state index in [1.54, 1.807) is 18.5 Å². The van der Waals surface area contributed by atoms with Gasteiger partial charge in [-0.15, -0.1) is 0 Å². The zero-order chi connectivity index (χ0) is 22.4. The molecule has 6 heteroatoms. The van der Waals surface area contributed by atoms with E-state index in [2.05, 4.69) is 15.0 Å². The van der Waals surface area contributed by atoms with E-state index in [1.165, 1.54) is 0 Å². The lowest BCUT2D eigenvalue weighted by Gasteiger charge is -2.06. The second-order valence-electron chi connectivity index (χ2n) is 6.10. The van der Waals surface area contributed by atoms with Crippen molar-refractivity contribution in [2.24, 2.45) is 7.05 Å². The van der Waals surface area contributed by atoms with Gasteiger partial charge in [0.25, 0.3) is 0 Å². The van der Waals surface area contributed by atoms with Gasteiger partial charge in [-0.1, -0.05) is 0 Å². The molecule has 0 atom stereocenters. The summed E-state index contributed by atoms with van der Waals surface area (Å²) < 4.78 is 46.5. The second-order valence-corrected chi connectivity index (χ2v) is 6.10. The molecule has 27 heavy (non-hydrogen) atoms. The van der Waals surface area contributed by atoms with E-state index >= 15 is 0 Å². The van der Waals surface area contributed by atoms with Crippen molar-refractivity contribution in [3.05, 3.63) is 77.7 Å². The molecule has 1 aromatic carbocycles. The number of fused-ring (bicyclic) bond motifs is 1. The minimum absolute atomic E-state index is 0.269. The van der Waals surface area contributed by atoms with Crippen LogP contribution in [0.15, 0.2) is 54.8 Å². The number of halogens is 1. The molecule has 0 unspecified atom stereocenters. The van der Waals surface area contributed by atoms with Crippen molar-refractivity contribution in [3.63, 3.8) is 0 Å². The number of nitrogens with zero attached hydrogens (tertiary/aromatic N) is 4. The molecule has 5 nitrogen and oxygen atoms in total. The lowest BCUT2D eigenvalue weighted by Crippen LogP contribution is -2.05. The highest BCUT2D eigenvalue weighted by Gasteiger charge is 2.11. The molecule has 0 fully saturated rings. The van der Waals surface area contributed by atoms with Crippen molar-refractivity contribution < 1.29 is 14.7 Å². The summed E-state index contributed by atoms with van der Waals surface area (Å²) in [5.41, 5.74) is 2.05. The predicted molar refractivity (Wildman–Crippen MR) is 101 cm³/mol. The van der Waals surface area contributed by atoms with Crippen LogP contribution in [-0.4, -0.2) is 25.3 Å². The highest BCUT2D eigenvalue weighted by molar-refractivity contribution is 5.97. The Bertz CT molecular complexity index is 1340. The molecule has 3 heterocycles. The van der Waals surface area contributed by atoms with Gasteiger partial charge in [-0.25, -0.2) is 14.4 Å². The van der Waals surface area contributed by atoms with Crippen LogP contribution in [0.4, 0.5) is 4.39 Å². The van der Waals surface area contributed by atoms with Crippen LogP contribution in [0.1, 0.15) is 27.4 Å². The molecule has 0 bridgehead atoms. The van der Waals surface area contributed by atoms with Crippen molar-refractivity contribution in [2.45, 2.75) is 13.3 Å². The van der Waals surface area contributed by atoms with Gasteiger partial charge in [0.2, 0.25) is 0 Å². The monoisotopic (exact) mass is 364 g/mol. The van der Waals surface area contributed by atoms with Crippen LogP contribution in [-0.2, 0) is 13.5 Å². The number of carbonyl (C=O) groups is 1. The van der Waals surface area contributed by atoms with Gasteiger partial charge < -0.3 is 4.57 Å². The number of ketones is 1. The van der Waals surface area contributed by atoms with E-state index in [4.69, 9.17) is 5.48 Å². The number of hydrogen-bond donors (Lipinski definition) is 0. The Balaban J connectivity index is 1.71. The smallest absolute Gasteiger partial charge is 0.168 e. The van der Waals surface area contributed by atoms with Crippen LogP contribution in [0, 0.1) is 12.7 Å². The summed E-state index contributed by atoms with van der Waals surface area (Å²) in [5.74, 6) is -1.11. The number of aromatic nitrogens is 4. The molecule has 0 aliphatic rings. The third-order valence-electron chi connectivity index (χ3n) is 4.33. The lowest BCUT2D eigenvalue weighted by atomic mass is 10.1. The minimum atomic E-state index is -1.28. The number of Topliss-reactive ketones (excluding diaryl/α,β-unsaturated/α-hetero) is 1. The van der Waals surface area contributed by atoms with Crippen LogP contribution in [0.25, 0.3) is 22.3 Å². The summed E-state index contributed by atoms with van der Waals surface area (Å²) in [4.78, 5) is 25.9. The Morgan fingerprint density at radius 1 is 1.19 bits per heavy atom. The van der Waals surface area contributed by atoms with Crippen LogP contribution >= 0.6 is 0 Å². The Kier molecular flexibility index (Phi) is 3.20. The van der Waals surface area contributed by atoms with Gasteiger partial charge in [0.05, 0.1) is 40.7 Å². The standard InChI is InChI=1S/C21H17FN4O/c1-13-23-12-20(26(13)2)18-8-5-15-11-24-17(9-19(15)25-18)10-21(27)14-3-6-16(22)7-4-14/h3-9,11-12H,10H2,1-2H3/i3D,4D,6D,7D. The molecule has 4 rings (SSSR count). The second kappa shape index (κ2) is 6.72.